The van der Waals surface area contributed by atoms with Crippen molar-refractivity contribution < 1.29 is 23.7 Å². The van der Waals surface area contributed by atoms with E-state index in [9.17, 15) is 4.79 Å². The van der Waals surface area contributed by atoms with Crippen molar-refractivity contribution in [1.82, 2.24) is 4.98 Å². The SMILES string of the molecule is CCOc1ccc2nc(N(Cc3ccccc3)C(=O)/C=C/c3cc(OC)c(OC)c(OC)c3)sc2c1. The van der Waals surface area contributed by atoms with Gasteiger partial charge in [-0.3, -0.25) is 9.69 Å². The van der Waals surface area contributed by atoms with Gasteiger partial charge in [0.1, 0.15) is 5.75 Å². The highest BCUT2D eigenvalue weighted by atomic mass is 32.1. The first-order valence-corrected chi connectivity index (χ1v) is 12.2. The predicted molar refractivity (Wildman–Crippen MR) is 144 cm³/mol. The van der Waals surface area contributed by atoms with Crippen LogP contribution in [0.15, 0.2) is 66.7 Å². The monoisotopic (exact) mass is 504 g/mol. The van der Waals surface area contributed by atoms with Gasteiger partial charge in [-0.1, -0.05) is 41.7 Å². The van der Waals surface area contributed by atoms with Crippen LogP contribution in [0.3, 0.4) is 0 Å². The van der Waals surface area contributed by atoms with E-state index in [1.54, 1.807) is 44.4 Å². The number of rotatable bonds is 10. The predicted octanol–water partition coefficient (Wildman–Crippen LogP) is 5.97. The number of methoxy groups -OCH3 is 3. The van der Waals surface area contributed by atoms with Gasteiger partial charge in [-0.15, -0.1) is 0 Å². The molecule has 0 saturated heterocycles. The largest absolute Gasteiger partial charge is 0.494 e. The Morgan fingerprint density at radius 1 is 0.972 bits per heavy atom. The second kappa shape index (κ2) is 11.6. The molecule has 7 nitrogen and oxygen atoms in total. The Kier molecular flexibility index (Phi) is 8.07. The van der Waals surface area contributed by atoms with Gasteiger partial charge in [-0.2, -0.15) is 0 Å². The van der Waals surface area contributed by atoms with Crippen LogP contribution >= 0.6 is 11.3 Å². The summed E-state index contributed by atoms with van der Waals surface area (Å²) in [5.74, 6) is 2.11. The highest BCUT2D eigenvalue weighted by Gasteiger charge is 2.19. The molecule has 0 aliphatic carbocycles. The lowest BCUT2D eigenvalue weighted by atomic mass is 10.1. The maximum Gasteiger partial charge on any atom is 0.253 e. The number of nitrogens with zero attached hydrogens (tertiary/aromatic N) is 2. The van der Waals surface area contributed by atoms with E-state index in [0.29, 0.717) is 35.5 Å². The van der Waals surface area contributed by atoms with Gasteiger partial charge in [0.2, 0.25) is 5.75 Å². The van der Waals surface area contributed by atoms with E-state index >= 15 is 0 Å². The number of thiazole rings is 1. The zero-order valence-corrected chi connectivity index (χ0v) is 21.5. The molecule has 0 aliphatic heterocycles. The van der Waals surface area contributed by atoms with Crippen molar-refractivity contribution in [1.29, 1.82) is 0 Å². The molecule has 36 heavy (non-hydrogen) atoms. The lowest BCUT2D eigenvalue weighted by Crippen LogP contribution is -2.28. The molecule has 0 radical (unpaired) electrons. The van der Waals surface area contributed by atoms with Gasteiger partial charge >= 0.3 is 0 Å². The second-order valence-corrected chi connectivity index (χ2v) is 8.77. The van der Waals surface area contributed by atoms with Crippen molar-refractivity contribution in [3.8, 4) is 23.0 Å². The van der Waals surface area contributed by atoms with Crippen molar-refractivity contribution in [2.45, 2.75) is 13.5 Å². The number of amides is 1. The van der Waals surface area contributed by atoms with Gasteiger partial charge < -0.3 is 18.9 Å². The summed E-state index contributed by atoms with van der Waals surface area (Å²) >= 11 is 1.46. The third-order valence-corrected chi connectivity index (χ3v) is 6.49. The van der Waals surface area contributed by atoms with Crippen LogP contribution in [-0.4, -0.2) is 38.8 Å². The Bertz CT molecular complexity index is 1340. The molecule has 1 aromatic heterocycles. The fourth-order valence-electron chi connectivity index (χ4n) is 3.73. The Morgan fingerprint density at radius 2 is 1.69 bits per heavy atom. The van der Waals surface area contributed by atoms with Crippen molar-refractivity contribution in [2.24, 2.45) is 0 Å². The minimum absolute atomic E-state index is 0.198. The van der Waals surface area contributed by atoms with Crippen LogP contribution in [0.25, 0.3) is 16.3 Å². The van der Waals surface area contributed by atoms with Gasteiger partial charge in [-0.05, 0) is 54.5 Å². The maximum atomic E-state index is 13.5. The molecular formula is C28H28N2O5S. The van der Waals surface area contributed by atoms with Crippen LogP contribution in [-0.2, 0) is 11.3 Å². The highest BCUT2D eigenvalue weighted by Crippen LogP contribution is 2.38. The van der Waals surface area contributed by atoms with E-state index in [2.05, 4.69) is 0 Å². The maximum absolute atomic E-state index is 13.5. The third-order valence-electron chi connectivity index (χ3n) is 5.45. The number of ether oxygens (including phenoxy) is 4. The van der Waals surface area contributed by atoms with E-state index in [-0.39, 0.29) is 5.91 Å². The van der Waals surface area contributed by atoms with Crippen LogP contribution in [0.1, 0.15) is 18.1 Å². The fourth-order valence-corrected chi connectivity index (χ4v) is 4.72. The number of carbonyl (C=O) groups excluding carboxylic acids is 1. The quantitative estimate of drug-likeness (QED) is 0.248. The highest BCUT2D eigenvalue weighted by molar-refractivity contribution is 7.22. The molecular weight excluding hydrogens is 476 g/mol. The summed E-state index contributed by atoms with van der Waals surface area (Å²) in [5, 5.41) is 0.613. The first-order valence-electron chi connectivity index (χ1n) is 11.4. The molecule has 4 aromatic rings. The van der Waals surface area contributed by atoms with E-state index in [4.69, 9.17) is 23.9 Å². The van der Waals surface area contributed by atoms with Gasteiger partial charge in [0.25, 0.3) is 5.91 Å². The summed E-state index contributed by atoms with van der Waals surface area (Å²) in [6, 6.07) is 19.2. The Labute approximate surface area is 214 Å². The van der Waals surface area contributed by atoms with Crippen molar-refractivity contribution in [3.63, 3.8) is 0 Å². The zero-order chi connectivity index (χ0) is 25.5. The minimum atomic E-state index is -0.198. The number of aromatic nitrogens is 1. The van der Waals surface area contributed by atoms with Gasteiger partial charge in [0.15, 0.2) is 16.6 Å². The van der Waals surface area contributed by atoms with Gasteiger partial charge in [0, 0.05) is 6.08 Å². The lowest BCUT2D eigenvalue weighted by Gasteiger charge is -2.18. The number of anilines is 1. The smallest absolute Gasteiger partial charge is 0.253 e. The first kappa shape index (κ1) is 25.1. The van der Waals surface area contributed by atoms with Crippen LogP contribution in [0, 0.1) is 0 Å². The second-order valence-electron chi connectivity index (χ2n) is 7.76. The van der Waals surface area contributed by atoms with Gasteiger partial charge in [0.05, 0.1) is 44.7 Å². The molecule has 0 unspecified atom stereocenters. The topological polar surface area (TPSA) is 70.1 Å². The molecule has 1 heterocycles. The molecule has 0 saturated carbocycles. The fraction of sp³-hybridized carbons (Fsp3) is 0.214. The first-order chi connectivity index (χ1) is 17.6. The van der Waals surface area contributed by atoms with E-state index in [0.717, 1.165) is 27.1 Å². The Balaban J connectivity index is 1.68. The van der Waals surface area contributed by atoms with Crippen LogP contribution < -0.4 is 23.8 Å². The van der Waals surface area contributed by atoms with Crippen molar-refractivity contribution in [3.05, 3.63) is 77.9 Å². The van der Waals surface area contributed by atoms with Crippen LogP contribution in [0.2, 0.25) is 0 Å². The van der Waals surface area contributed by atoms with E-state index in [1.165, 1.54) is 17.4 Å². The van der Waals surface area contributed by atoms with E-state index < -0.39 is 0 Å². The summed E-state index contributed by atoms with van der Waals surface area (Å²) in [6.07, 6.45) is 3.26. The van der Waals surface area contributed by atoms with Crippen LogP contribution in [0.4, 0.5) is 5.13 Å². The third kappa shape index (κ3) is 5.60. The summed E-state index contributed by atoms with van der Waals surface area (Å²) in [5.41, 5.74) is 2.56. The number of carbonyl (C=O) groups is 1. The molecule has 0 atom stereocenters. The van der Waals surface area contributed by atoms with Crippen molar-refractivity contribution >= 4 is 38.7 Å². The van der Waals surface area contributed by atoms with Crippen molar-refractivity contribution in [2.75, 3.05) is 32.8 Å². The summed E-state index contributed by atoms with van der Waals surface area (Å²) in [7, 11) is 4.67. The molecule has 0 fully saturated rings. The normalized spacial score (nSPS) is 11.0. The minimum Gasteiger partial charge on any atom is -0.494 e. The summed E-state index contributed by atoms with van der Waals surface area (Å²) < 4.78 is 22.8. The summed E-state index contributed by atoms with van der Waals surface area (Å²) in [6.45, 7) is 2.92. The molecule has 0 bridgehead atoms. The standard InChI is InChI=1S/C28H28N2O5S/c1-5-35-21-12-13-22-25(17-21)36-28(29-22)30(18-19-9-7-6-8-10-19)26(31)14-11-20-15-23(32-2)27(34-4)24(16-20)33-3/h6-17H,5,18H2,1-4H3/b14-11+. The number of hydrogen-bond donors (Lipinski definition) is 0. The molecule has 0 N–H and O–H groups in total. The molecule has 1 amide bonds. The average Bonchev–Trinajstić information content (AvgIpc) is 3.33. The van der Waals surface area contributed by atoms with Gasteiger partial charge in [-0.25, -0.2) is 4.98 Å². The van der Waals surface area contributed by atoms with Crippen LogP contribution in [0.5, 0.6) is 23.0 Å². The van der Waals surface area contributed by atoms with E-state index in [1.807, 2.05) is 55.5 Å². The summed E-state index contributed by atoms with van der Waals surface area (Å²) in [4.78, 5) is 19.9. The molecule has 186 valence electrons. The number of fused-ring (bicyclic) bond motifs is 1. The molecule has 4 rings (SSSR count). The number of benzene rings is 3. The molecule has 3 aromatic carbocycles. The number of hydrogen-bond acceptors (Lipinski definition) is 7. The Hall–Kier alpha value is -4.04. The average molecular weight is 505 g/mol. The zero-order valence-electron chi connectivity index (χ0n) is 20.7. The lowest BCUT2D eigenvalue weighted by molar-refractivity contribution is -0.114. The molecule has 0 spiro atoms. The molecule has 0 aliphatic rings. The Morgan fingerprint density at radius 3 is 2.33 bits per heavy atom. The molecule has 8 heteroatoms.